The molecule has 0 aliphatic rings. The van der Waals surface area contributed by atoms with Crippen molar-refractivity contribution in [1.29, 1.82) is 5.26 Å². The number of rotatable bonds is 3. The zero-order valence-electron chi connectivity index (χ0n) is 9.97. The lowest BCUT2D eigenvalue weighted by molar-refractivity contribution is -0.121. The van der Waals surface area contributed by atoms with Crippen LogP contribution in [-0.4, -0.2) is 18.5 Å². The predicted molar refractivity (Wildman–Crippen MR) is 67.9 cm³/mol. The number of nitriles is 1. The first-order valence-electron chi connectivity index (χ1n) is 5.10. The summed E-state index contributed by atoms with van der Waals surface area (Å²) in [4.78, 5) is 11.9. The number of carbonyl (C=O) groups is 1. The van der Waals surface area contributed by atoms with Gasteiger partial charge in [-0.3, -0.25) is 4.79 Å². The van der Waals surface area contributed by atoms with Crippen LogP contribution in [0.5, 0.6) is 0 Å². The zero-order valence-corrected chi connectivity index (χ0v) is 10.7. The average Bonchev–Trinajstić information content (AvgIpc) is 2.31. The molecular weight excluding hydrogens is 238 g/mol. The largest absolute Gasteiger partial charge is 0.324 e. The smallest absolute Gasteiger partial charge is 0.244 e. The van der Waals surface area contributed by atoms with Crippen LogP contribution < -0.4 is 10.6 Å². The third-order valence-corrected chi connectivity index (χ3v) is 2.87. The van der Waals surface area contributed by atoms with Crippen molar-refractivity contribution < 1.29 is 4.79 Å². The highest BCUT2D eigenvalue weighted by molar-refractivity contribution is 6.31. The molecule has 0 aliphatic carbocycles. The number of likely N-dealkylation sites (N-methyl/N-ethyl adjacent to an activating group) is 1. The Morgan fingerprint density at radius 2 is 2.12 bits per heavy atom. The van der Waals surface area contributed by atoms with Crippen molar-refractivity contribution in [2.24, 2.45) is 0 Å². The fourth-order valence-electron chi connectivity index (χ4n) is 1.09. The van der Waals surface area contributed by atoms with Crippen molar-refractivity contribution in [1.82, 2.24) is 5.32 Å². The molecule has 0 atom stereocenters. The molecule has 0 saturated heterocycles. The maximum atomic E-state index is 11.9. The van der Waals surface area contributed by atoms with Gasteiger partial charge in [0.25, 0.3) is 0 Å². The van der Waals surface area contributed by atoms with Gasteiger partial charge in [0, 0.05) is 5.69 Å². The van der Waals surface area contributed by atoms with Crippen LogP contribution in [0.1, 0.15) is 19.4 Å². The Kier molecular flexibility index (Phi) is 4.11. The van der Waals surface area contributed by atoms with Crippen molar-refractivity contribution >= 4 is 23.2 Å². The highest BCUT2D eigenvalue weighted by Gasteiger charge is 2.25. The van der Waals surface area contributed by atoms with Crippen LogP contribution >= 0.6 is 11.6 Å². The number of benzene rings is 1. The van der Waals surface area contributed by atoms with Gasteiger partial charge in [-0.2, -0.15) is 5.26 Å². The van der Waals surface area contributed by atoms with E-state index in [0.717, 1.165) is 0 Å². The van der Waals surface area contributed by atoms with Crippen LogP contribution in [0.3, 0.4) is 0 Å². The Morgan fingerprint density at radius 1 is 1.47 bits per heavy atom. The molecule has 0 fully saturated rings. The number of halogens is 1. The predicted octanol–water partition coefficient (Wildman–Crippen LogP) is 2.15. The van der Waals surface area contributed by atoms with Gasteiger partial charge in [-0.1, -0.05) is 11.6 Å². The molecule has 5 heteroatoms. The van der Waals surface area contributed by atoms with Crippen molar-refractivity contribution in [2.45, 2.75) is 19.4 Å². The minimum absolute atomic E-state index is 0.175. The third-order valence-electron chi connectivity index (χ3n) is 2.54. The van der Waals surface area contributed by atoms with Gasteiger partial charge in [0.15, 0.2) is 0 Å². The molecule has 1 aromatic carbocycles. The van der Waals surface area contributed by atoms with Crippen molar-refractivity contribution in [3.8, 4) is 6.07 Å². The van der Waals surface area contributed by atoms with E-state index < -0.39 is 5.54 Å². The van der Waals surface area contributed by atoms with Crippen LogP contribution in [0.4, 0.5) is 5.69 Å². The maximum Gasteiger partial charge on any atom is 0.244 e. The Bertz CT molecular complexity index is 477. The van der Waals surface area contributed by atoms with Gasteiger partial charge >= 0.3 is 0 Å². The fourth-order valence-corrected chi connectivity index (χ4v) is 1.25. The summed E-state index contributed by atoms with van der Waals surface area (Å²) in [6.45, 7) is 3.53. The normalized spacial score (nSPS) is 10.8. The molecule has 0 unspecified atom stereocenters. The number of amides is 1. The number of hydrogen-bond acceptors (Lipinski definition) is 3. The van der Waals surface area contributed by atoms with Crippen LogP contribution in [0.25, 0.3) is 0 Å². The van der Waals surface area contributed by atoms with Crippen molar-refractivity contribution in [3.05, 3.63) is 28.8 Å². The first-order valence-corrected chi connectivity index (χ1v) is 5.48. The van der Waals surface area contributed by atoms with E-state index in [9.17, 15) is 4.79 Å². The first kappa shape index (κ1) is 13.5. The molecule has 0 heterocycles. The molecule has 2 N–H and O–H groups in total. The molecule has 0 bridgehead atoms. The van der Waals surface area contributed by atoms with Crippen molar-refractivity contribution in [2.75, 3.05) is 12.4 Å². The molecule has 1 aromatic rings. The van der Waals surface area contributed by atoms with Crippen LogP contribution in [-0.2, 0) is 4.79 Å². The molecule has 0 radical (unpaired) electrons. The van der Waals surface area contributed by atoms with Gasteiger partial charge in [0.2, 0.25) is 5.91 Å². The maximum absolute atomic E-state index is 11.9. The number of nitrogens with zero attached hydrogens (tertiary/aromatic N) is 1. The highest BCUT2D eigenvalue weighted by Crippen LogP contribution is 2.20. The highest BCUT2D eigenvalue weighted by atomic mass is 35.5. The minimum atomic E-state index is -0.674. The van der Waals surface area contributed by atoms with E-state index in [4.69, 9.17) is 16.9 Å². The van der Waals surface area contributed by atoms with Crippen molar-refractivity contribution in [3.63, 3.8) is 0 Å². The van der Waals surface area contributed by atoms with E-state index in [1.165, 1.54) is 0 Å². The zero-order chi connectivity index (χ0) is 13.1. The minimum Gasteiger partial charge on any atom is -0.324 e. The first-order chi connectivity index (χ1) is 7.90. The summed E-state index contributed by atoms with van der Waals surface area (Å²) in [6, 6.07) is 6.76. The average molecular weight is 252 g/mol. The van der Waals surface area contributed by atoms with Gasteiger partial charge in [-0.25, -0.2) is 0 Å². The topological polar surface area (TPSA) is 64.9 Å². The Labute approximate surface area is 106 Å². The molecule has 0 aromatic heterocycles. The fraction of sp³-hybridized carbons (Fsp3) is 0.333. The Hall–Kier alpha value is -1.57. The quantitative estimate of drug-likeness (QED) is 0.865. The van der Waals surface area contributed by atoms with Crippen LogP contribution in [0.2, 0.25) is 5.02 Å². The lowest BCUT2D eigenvalue weighted by Gasteiger charge is -2.22. The van der Waals surface area contributed by atoms with E-state index >= 15 is 0 Å². The van der Waals surface area contributed by atoms with E-state index in [-0.39, 0.29) is 5.91 Å². The third kappa shape index (κ3) is 3.19. The lowest BCUT2D eigenvalue weighted by Crippen LogP contribution is -2.47. The van der Waals surface area contributed by atoms with Gasteiger partial charge in [-0.05, 0) is 39.1 Å². The summed E-state index contributed by atoms with van der Waals surface area (Å²) < 4.78 is 0. The monoisotopic (exact) mass is 251 g/mol. The second kappa shape index (κ2) is 5.17. The van der Waals surface area contributed by atoms with Crippen LogP contribution in [0, 0.1) is 11.3 Å². The molecule has 0 aliphatic heterocycles. The Balaban J connectivity index is 2.91. The summed E-state index contributed by atoms with van der Waals surface area (Å²) in [5.41, 5.74) is 0.220. The summed E-state index contributed by atoms with van der Waals surface area (Å²) in [5.74, 6) is -0.175. The molecule has 0 saturated carbocycles. The SMILES string of the molecule is CNC(C)(C)C(=O)Nc1ccc(Cl)c(C#N)c1. The van der Waals surface area contributed by atoms with Gasteiger partial charge < -0.3 is 10.6 Å². The molecule has 17 heavy (non-hydrogen) atoms. The van der Waals surface area contributed by atoms with Gasteiger partial charge in [0.05, 0.1) is 16.1 Å². The van der Waals surface area contributed by atoms with E-state index in [1.807, 2.05) is 6.07 Å². The standard InChI is InChI=1S/C12H14ClN3O/c1-12(2,15-3)11(17)16-9-4-5-10(13)8(6-9)7-14/h4-6,15H,1-3H3,(H,16,17). The van der Waals surface area contributed by atoms with Gasteiger partial charge in [-0.15, -0.1) is 0 Å². The second-order valence-electron chi connectivity index (χ2n) is 4.14. The van der Waals surface area contributed by atoms with E-state index in [2.05, 4.69) is 10.6 Å². The molecule has 90 valence electrons. The summed E-state index contributed by atoms with van der Waals surface area (Å²) >= 11 is 5.80. The molecular formula is C12H14ClN3O. The molecule has 0 spiro atoms. The van der Waals surface area contributed by atoms with Gasteiger partial charge in [0.1, 0.15) is 6.07 Å². The molecule has 1 amide bonds. The number of anilines is 1. The summed E-state index contributed by atoms with van der Waals surface area (Å²) in [5, 5.41) is 14.8. The number of nitrogens with one attached hydrogen (secondary N) is 2. The molecule has 4 nitrogen and oxygen atoms in total. The molecule has 1 rings (SSSR count). The second-order valence-corrected chi connectivity index (χ2v) is 4.54. The summed E-state index contributed by atoms with van der Waals surface area (Å²) in [6.07, 6.45) is 0. The Morgan fingerprint density at radius 3 is 2.65 bits per heavy atom. The number of carbonyl (C=O) groups excluding carboxylic acids is 1. The van der Waals surface area contributed by atoms with E-state index in [1.54, 1.807) is 39.1 Å². The lowest BCUT2D eigenvalue weighted by atomic mass is 10.0. The van der Waals surface area contributed by atoms with E-state index in [0.29, 0.717) is 16.3 Å². The number of hydrogen-bond donors (Lipinski definition) is 2. The summed E-state index contributed by atoms with van der Waals surface area (Å²) in [7, 11) is 1.71. The van der Waals surface area contributed by atoms with Crippen LogP contribution in [0.15, 0.2) is 18.2 Å².